The average Bonchev–Trinajstić information content (AvgIpc) is 2.28. The molecule has 0 fully saturated rings. The van der Waals surface area contributed by atoms with Gasteiger partial charge in [0.25, 0.3) is 0 Å². The Hall–Kier alpha value is -1.29. The van der Waals surface area contributed by atoms with Gasteiger partial charge in [-0.15, -0.1) is 0 Å². The third-order valence-electron chi connectivity index (χ3n) is 2.43. The zero-order chi connectivity index (χ0) is 16.5. The van der Waals surface area contributed by atoms with Crippen LogP contribution in [-0.4, -0.2) is 26.2 Å². The largest absolute Gasteiger partial charge is 0.523 e. The van der Waals surface area contributed by atoms with Crippen LogP contribution in [0.5, 0.6) is 0 Å². The van der Waals surface area contributed by atoms with Crippen LogP contribution in [0, 0.1) is 6.92 Å². The van der Waals surface area contributed by atoms with Crippen molar-refractivity contribution in [2.45, 2.75) is 31.1 Å². The van der Waals surface area contributed by atoms with Crippen molar-refractivity contribution in [2.24, 2.45) is 0 Å². The summed E-state index contributed by atoms with van der Waals surface area (Å²) in [5.74, 6) is 0. The molecule has 0 bridgehead atoms. The van der Waals surface area contributed by atoms with E-state index in [4.69, 9.17) is 0 Å². The fourth-order valence-electron chi connectivity index (χ4n) is 1.35. The summed E-state index contributed by atoms with van der Waals surface area (Å²) in [6.45, 7) is 1.66. The minimum absolute atomic E-state index is 0.000277. The first-order chi connectivity index (χ1) is 9.33. The summed E-state index contributed by atoms with van der Waals surface area (Å²) in [7, 11) is -6.33. The lowest BCUT2D eigenvalue weighted by Gasteiger charge is -2.21. The van der Waals surface area contributed by atoms with Gasteiger partial charge in [-0.25, -0.2) is 4.18 Å². The predicted molar refractivity (Wildman–Crippen MR) is 60.8 cm³/mol. The Morgan fingerprint density at radius 3 is 1.90 bits per heavy atom. The van der Waals surface area contributed by atoms with Crippen molar-refractivity contribution in [2.75, 3.05) is 0 Å². The molecule has 0 aliphatic carbocycles. The summed E-state index contributed by atoms with van der Waals surface area (Å²) in [5, 5.41) is 0. The molecule has 0 aliphatic heterocycles. The standard InChI is InChI=1S/C11H10F6O3S/c1-7-2-4-8(5-3-7)6-9(10(12,13)14)20-21(18,19)11(15,16)17/h2-5,9H,6H2,1H3/t9-/m0/s1. The molecular formula is C11H10F6O3S. The number of halogens is 6. The highest BCUT2D eigenvalue weighted by Crippen LogP contribution is 2.32. The number of hydrogen-bond acceptors (Lipinski definition) is 3. The maximum absolute atomic E-state index is 12.6. The highest BCUT2D eigenvalue weighted by molar-refractivity contribution is 7.87. The van der Waals surface area contributed by atoms with E-state index in [1.165, 1.54) is 24.3 Å². The fourth-order valence-corrected chi connectivity index (χ4v) is 1.94. The Morgan fingerprint density at radius 1 is 1.05 bits per heavy atom. The quantitative estimate of drug-likeness (QED) is 0.481. The molecule has 0 N–H and O–H groups in total. The summed E-state index contributed by atoms with van der Waals surface area (Å²) in [5.41, 5.74) is -5.18. The van der Waals surface area contributed by atoms with Crippen LogP contribution < -0.4 is 0 Å². The minimum Gasteiger partial charge on any atom is -0.250 e. The molecule has 1 aromatic carbocycles. The molecule has 120 valence electrons. The molecule has 0 unspecified atom stereocenters. The lowest BCUT2D eigenvalue weighted by molar-refractivity contribution is -0.196. The van der Waals surface area contributed by atoms with Gasteiger partial charge in [-0.2, -0.15) is 34.8 Å². The van der Waals surface area contributed by atoms with Crippen LogP contribution in [0.4, 0.5) is 26.3 Å². The van der Waals surface area contributed by atoms with E-state index in [2.05, 4.69) is 4.18 Å². The summed E-state index contributed by atoms with van der Waals surface area (Å²) in [6, 6.07) is 5.39. The SMILES string of the molecule is Cc1ccc(C[C@H](OS(=O)(=O)C(F)(F)F)C(F)(F)F)cc1. The topological polar surface area (TPSA) is 43.4 Å². The molecule has 1 rings (SSSR count). The van der Waals surface area contributed by atoms with Gasteiger partial charge in [-0.1, -0.05) is 29.8 Å². The van der Waals surface area contributed by atoms with Crippen molar-refractivity contribution in [3.05, 3.63) is 35.4 Å². The molecule has 3 nitrogen and oxygen atoms in total. The molecule has 0 radical (unpaired) electrons. The minimum atomic E-state index is -6.33. The highest BCUT2D eigenvalue weighted by Gasteiger charge is 2.53. The first kappa shape index (κ1) is 17.8. The maximum atomic E-state index is 12.6. The van der Waals surface area contributed by atoms with Crippen molar-refractivity contribution in [3.8, 4) is 0 Å². The summed E-state index contributed by atoms with van der Waals surface area (Å²) in [6.07, 6.45) is -9.41. The van der Waals surface area contributed by atoms with Crippen LogP contribution >= 0.6 is 0 Å². The van der Waals surface area contributed by atoms with Crippen LogP contribution in [0.25, 0.3) is 0 Å². The second-order valence-corrected chi connectivity index (χ2v) is 5.78. The Morgan fingerprint density at radius 2 is 1.52 bits per heavy atom. The van der Waals surface area contributed by atoms with Crippen LogP contribution in [0.1, 0.15) is 11.1 Å². The predicted octanol–water partition coefficient (Wildman–Crippen LogP) is 3.33. The third-order valence-corrected chi connectivity index (χ3v) is 3.49. The molecule has 0 saturated heterocycles. The molecule has 1 aromatic rings. The van der Waals surface area contributed by atoms with E-state index in [0.717, 1.165) is 5.56 Å². The van der Waals surface area contributed by atoms with Gasteiger partial charge >= 0.3 is 21.8 Å². The number of rotatable bonds is 4. The van der Waals surface area contributed by atoms with E-state index in [1.54, 1.807) is 6.92 Å². The summed E-state index contributed by atoms with van der Waals surface area (Å²) in [4.78, 5) is 0. The second-order valence-electron chi connectivity index (χ2n) is 4.22. The van der Waals surface area contributed by atoms with Crippen molar-refractivity contribution in [1.82, 2.24) is 0 Å². The van der Waals surface area contributed by atoms with Crippen LogP contribution in [-0.2, 0) is 20.7 Å². The van der Waals surface area contributed by atoms with Crippen LogP contribution in [0.2, 0.25) is 0 Å². The molecule has 0 amide bonds. The lowest BCUT2D eigenvalue weighted by atomic mass is 10.1. The number of alkyl halides is 6. The molecule has 0 saturated carbocycles. The molecular weight excluding hydrogens is 326 g/mol. The van der Waals surface area contributed by atoms with E-state index in [-0.39, 0.29) is 5.56 Å². The van der Waals surface area contributed by atoms with E-state index in [1.807, 2.05) is 0 Å². The van der Waals surface area contributed by atoms with E-state index >= 15 is 0 Å². The number of aryl methyl sites for hydroxylation is 1. The van der Waals surface area contributed by atoms with Crippen LogP contribution in [0.15, 0.2) is 24.3 Å². The van der Waals surface area contributed by atoms with Gasteiger partial charge in [0, 0.05) is 6.42 Å². The van der Waals surface area contributed by atoms with Crippen molar-refractivity contribution < 1.29 is 38.9 Å². The van der Waals surface area contributed by atoms with Crippen molar-refractivity contribution in [3.63, 3.8) is 0 Å². The third kappa shape index (κ3) is 4.88. The summed E-state index contributed by atoms with van der Waals surface area (Å²) >= 11 is 0. The number of hydrogen-bond donors (Lipinski definition) is 0. The van der Waals surface area contributed by atoms with Gasteiger partial charge in [-0.3, -0.25) is 0 Å². The lowest BCUT2D eigenvalue weighted by Crippen LogP contribution is -2.39. The smallest absolute Gasteiger partial charge is 0.250 e. The monoisotopic (exact) mass is 336 g/mol. The molecule has 0 aliphatic rings. The normalized spacial score (nSPS) is 15.0. The van der Waals surface area contributed by atoms with E-state index < -0.39 is 34.3 Å². The molecule has 0 spiro atoms. The molecule has 21 heavy (non-hydrogen) atoms. The Balaban J connectivity index is 3.01. The maximum Gasteiger partial charge on any atom is 0.523 e. The first-order valence-corrected chi connectivity index (χ1v) is 6.85. The zero-order valence-corrected chi connectivity index (χ0v) is 11.3. The Labute approximate surface area is 116 Å². The molecule has 0 heterocycles. The van der Waals surface area contributed by atoms with Gasteiger partial charge in [0.1, 0.15) is 0 Å². The first-order valence-electron chi connectivity index (χ1n) is 5.45. The molecule has 1 atom stereocenters. The summed E-state index contributed by atoms with van der Waals surface area (Å²) < 4.78 is 99.0. The van der Waals surface area contributed by atoms with Gasteiger partial charge in [0.2, 0.25) is 0 Å². The fraction of sp³-hybridized carbons (Fsp3) is 0.455. The Kier molecular flexibility index (Phi) is 4.94. The van der Waals surface area contributed by atoms with E-state index in [9.17, 15) is 34.8 Å². The average molecular weight is 336 g/mol. The number of benzene rings is 1. The van der Waals surface area contributed by atoms with Gasteiger partial charge < -0.3 is 0 Å². The van der Waals surface area contributed by atoms with E-state index in [0.29, 0.717) is 0 Å². The van der Waals surface area contributed by atoms with Crippen LogP contribution in [0.3, 0.4) is 0 Å². The van der Waals surface area contributed by atoms with Crippen molar-refractivity contribution in [1.29, 1.82) is 0 Å². The Bertz CT molecular complexity index is 573. The zero-order valence-electron chi connectivity index (χ0n) is 10.5. The highest BCUT2D eigenvalue weighted by atomic mass is 32.2. The van der Waals surface area contributed by atoms with Gasteiger partial charge in [0.05, 0.1) is 0 Å². The molecule has 10 heteroatoms. The second kappa shape index (κ2) is 5.84. The van der Waals surface area contributed by atoms with Gasteiger partial charge in [-0.05, 0) is 12.5 Å². The van der Waals surface area contributed by atoms with Gasteiger partial charge in [0.15, 0.2) is 6.10 Å². The van der Waals surface area contributed by atoms with Crippen molar-refractivity contribution >= 4 is 10.1 Å². The molecule has 0 aromatic heterocycles.